The summed E-state index contributed by atoms with van der Waals surface area (Å²) in [6.45, 7) is 4.73. The standard InChI is InChI=1S/C21H17BrO2.C12H15ClO2.C11H13BrO2.C9H9ClO2/c22-15-16-11-13-19(14-12-16)24-21(23)20(17-7-3-1-4-8-17)18-9-5-2-6-10-18;1-2-5-12(14)15-11-7-4-3-6-10(11)8-9-13;1-9(13)14-11-6-2-4-10(8-11)5-3-7-12;1-7(11)12-9-4-2-8(6-10)3-5-9/h1-14,20H,15H2;3-4,6-7H,2,5,8-9H2,1H3;2,4,6,8H,3,5,7H2,1H3;2-5H,6H2,1H3. The fourth-order valence-electron chi connectivity index (χ4n) is 5.88. The zero-order chi connectivity index (χ0) is 47.2. The topological polar surface area (TPSA) is 105 Å². The van der Waals surface area contributed by atoms with Crippen molar-refractivity contribution in [3.8, 4) is 23.0 Å². The van der Waals surface area contributed by atoms with Gasteiger partial charge in [-0.1, -0.05) is 154 Å². The lowest BCUT2D eigenvalue weighted by atomic mass is 9.91. The van der Waals surface area contributed by atoms with Crippen molar-refractivity contribution in [3.63, 3.8) is 0 Å². The third-order valence-electron chi connectivity index (χ3n) is 8.91. The molecule has 0 heterocycles. The summed E-state index contributed by atoms with van der Waals surface area (Å²) in [7, 11) is 0. The second-order valence-corrected chi connectivity index (χ2v) is 16.1. The third-order valence-corrected chi connectivity index (χ3v) is 10.6. The third kappa shape index (κ3) is 21.5. The summed E-state index contributed by atoms with van der Waals surface area (Å²) in [6.07, 6.45) is 4.06. The molecule has 342 valence electrons. The van der Waals surface area contributed by atoms with Gasteiger partial charge in [-0.25, -0.2) is 0 Å². The Morgan fingerprint density at radius 3 is 1.62 bits per heavy atom. The largest absolute Gasteiger partial charge is 0.427 e. The Balaban J connectivity index is 0.000000240. The van der Waals surface area contributed by atoms with Gasteiger partial charge in [-0.15, -0.1) is 23.2 Å². The van der Waals surface area contributed by atoms with E-state index in [-0.39, 0.29) is 23.9 Å². The Bertz CT molecular complexity index is 2270. The number of ether oxygens (including phenoxy) is 4. The zero-order valence-electron chi connectivity index (χ0n) is 36.7. The van der Waals surface area contributed by atoms with Crippen LogP contribution >= 0.6 is 55.1 Å². The van der Waals surface area contributed by atoms with E-state index in [9.17, 15) is 19.2 Å². The number of rotatable bonds is 16. The number of alkyl halides is 4. The molecular weight excluding hydrogens is 995 g/mol. The maximum absolute atomic E-state index is 12.8. The highest BCUT2D eigenvalue weighted by Gasteiger charge is 2.24. The summed E-state index contributed by atoms with van der Waals surface area (Å²) in [5.74, 6) is 1.89. The Kier molecular flexibility index (Phi) is 26.3. The van der Waals surface area contributed by atoms with Gasteiger partial charge in [0.25, 0.3) is 0 Å². The van der Waals surface area contributed by atoms with E-state index in [1.807, 2.05) is 140 Å². The first kappa shape index (κ1) is 54.1. The molecule has 0 fully saturated rings. The molecule has 65 heavy (non-hydrogen) atoms. The molecule has 0 aliphatic carbocycles. The van der Waals surface area contributed by atoms with Crippen LogP contribution in [0.3, 0.4) is 0 Å². The molecule has 0 spiro atoms. The van der Waals surface area contributed by atoms with Gasteiger partial charge in [-0.2, -0.15) is 0 Å². The SMILES string of the molecule is CC(=O)Oc1ccc(CCl)cc1.CC(=O)Oc1cccc(CCCBr)c1.CCCC(=O)Oc1ccccc1CCCl.O=C(Oc1ccc(CBr)cc1)C(c1ccccc1)c1ccccc1. The van der Waals surface area contributed by atoms with Crippen molar-refractivity contribution in [1.29, 1.82) is 0 Å². The number of hydrogen-bond donors (Lipinski definition) is 0. The fourth-order valence-corrected chi connectivity index (χ4v) is 6.92. The number of benzene rings is 6. The summed E-state index contributed by atoms with van der Waals surface area (Å²) in [4.78, 5) is 45.4. The van der Waals surface area contributed by atoms with E-state index in [0.29, 0.717) is 41.2 Å². The molecule has 0 saturated carbocycles. The van der Waals surface area contributed by atoms with E-state index in [1.54, 1.807) is 24.3 Å². The van der Waals surface area contributed by atoms with Crippen molar-refractivity contribution in [2.75, 3.05) is 11.2 Å². The molecule has 0 radical (unpaired) electrons. The van der Waals surface area contributed by atoms with Crippen LogP contribution in [0.15, 0.2) is 158 Å². The molecule has 0 bridgehead atoms. The van der Waals surface area contributed by atoms with E-state index >= 15 is 0 Å². The van der Waals surface area contributed by atoms with Gasteiger partial charge in [0.1, 0.15) is 28.9 Å². The smallest absolute Gasteiger partial charge is 0.323 e. The molecule has 8 nitrogen and oxygen atoms in total. The quantitative estimate of drug-likeness (QED) is 0.0536. The monoisotopic (exact) mass is 1050 g/mol. The van der Waals surface area contributed by atoms with Gasteiger partial charge in [-0.3, -0.25) is 19.2 Å². The summed E-state index contributed by atoms with van der Waals surface area (Å²) >= 11 is 18.0. The molecule has 0 saturated heterocycles. The molecule has 0 atom stereocenters. The lowest BCUT2D eigenvalue weighted by Gasteiger charge is -2.17. The molecule has 0 unspecified atom stereocenters. The van der Waals surface area contributed by atoms with Crippen molar-refractivity contribution in [3.05, 3.63) is 191 Å². The van der Waals surface area contributed by atoms with Crippen molar-refractivity contribution in [2.24, 2.45) is 0 Å². The summed E-state index contributed by atoms with van der Waals surface area (Å²) in [5, 5.41) is 1.77. The number of esters is 4. The molecule has 6 rings (SSSR count). The van der Waals surface area contributed by atoms with Crippen LogP contribution in [0.5, 0.6) is 23.0 Å². The highest BCUT2D eigenvalue weighted by molar-refractivity contribution is 9.09. The van der Waals surface area contributed by atoms with Crippen LogP contribution in [0.4, 0.5) is 0 Å². The van der Waals surface area contributed by atoms with Crippen LogP contribution < -0.4 is 18.9 Å². The second-order valence-electron chi connectivity index (χ2n) is 14.1. The van der Waals surface area contributed by atoms with Crippen LogP contribution in [-0.4, -0.2) is 35.1 Å². The normalized spacial score (nSPS) is 10.1. The molecule has 0 aliphatic heterocycles. The molecule has 0 aromatic heterocycles. The van der Waals surface area contributed by atoms with E-state index in [2.05, 4.69) is 31.9 Å². The fraction of sp³-hybridized carbons (Fsp3) is 0.245. The first-order valence-corrected chi connectivity index (χ1v) is 24.3. The Morgan fingerprint density at radius 2 is 1.09 bits per heavy atom. The van der Waals surface area contributed by atoms with Crippen LogP contribution in [0.25, 0.3) is 0 Å². The lowest BCUT2D eigenvalue weighted by Crippen LogP contribution is -2.20. The maximum Gasteiger partial charge on any atom is 0.323 e. The molecule has 0 N–H and O–H groups in total. The number of para-hydroxylation sites is 1. The minimum absolute atomic E-state index is 0.181. The Morgan fingerprint density at radius 1 is 0.554 bits per heavy atom. The number of hydrogen-bond acceptors (Lipinski definition) is 8. The van der Waals surface area contributed by atoms with Gasteiger partial charge < -0.3 is 18.9 Å². The highest BCUT2D eigenvalue weighted by Crippen LogP contribution is 2.27. The van der Waals surface area contributed by atoms with Gasteiger partial charge in [-0.05, 0) is 102 Å². The van der Waals surface area contributed by atoms with E-state index in [4.69, 9.17) is 42.1 Å². The summed E-state index contributed by atoms with van der Waals surface area (Å²) < 4.78 is 20.7. The Labute approximate surface area is 409 Å². The van der Waals surface area contributed by atoms with Crippen molar-refractivity contribution < 1.29 is 38.1 Å². The maximum atomic E-state index is 12.8. The van der Waals surface area contributed by atoms with E-state index in [0.717, 1.165) is 64.2 Å². The first-order chi connectivity index (χ1) is 31.5. The van der Waals surface area contributed by atoms with Crippen LogP contribution in [-0.2, 0) is 43.2 Å². The average Bonchev–Trinajstić information content (AvgIpc) is 3.31. The average molecular weight is 1050 g/mol. The van der Waals surface area contributed by atoms with Gasteiger partial charge in [0.15, 0.2) is 0 Å². The van der Waals surface area contributed by atoms with E-state index < -0.39 is 5.92 Å². The van der Waals surface area contributed by atoms with Crippen LogP contribution in [0, 0.1) is 0 Å². The van der Waals surface area contributed by atoms with Gasteiger partial charge in [0.05, 0.1) is 0 Å². The molecule has 0 aliphatic rings. The van der Waals surface area contributed by atoms with E-state index in [1.165, 1.54) is 19.4 Å². The molecule has 0 amide bonds. The minimum atomic E-state index is -0.441. The number of aryl methyl sites for hydroxylation is 2. The van der Waals surface area contributed by atoms with Crippen molar-refractivity contribution in [2.45, 2.75) is 70.0 Å². The van der Waals surface area contributed by atoms with Gasteiger partial charge in [0, 0.05) is 42.7 Å². The summed E-state index contributed by atoms with van der Waals surface area (Å²) in [6, 6.07) is 49.2. The van der Waals surface area contributed by atoms with Crippen LogP contribution in [0.1, 0.15) is 79.3 Å². The molecular formula is C53H54Br2Cl2O8. The second kappa shape index (κ2) is 31.6. The van der Waals surface area contributed by atoms with Crippen LogP contribution in [0.2, 0.25) is 0 Å². The predicted octanol–water partition coefficient (Wildman–Crippen LogP) is 13.8. The minimum Gasteiger partial charge on any atom is -0.427 e. The summed E-state index contributed by atoms with van der Waals surface area (Å²) in [5.41, 5.74) is 6.17. The van der Waals surface area contributed by atoms with Gasteiger partial charge >= 0.3 is 23.9 Å². The van der Waals surface area contributed by atoms with Gasteiger partial charge in [0.2, 0.25) is 0 Å². The van der Waals surface area contributed by atoms with Crippen molar-refractivity contribution >= 4 is 78.9 Å². The number of halogens is 4. The number of carbonyl (C=O) groups is 4. The zero-order valence-corrected chi connectivity index (χ0v) is 41.4. The predicted molar refractivity (Wildman–Crippen MR) is 268 cm³/mol. The molecule has 6 aromatic rings. The first-order valence-electron chi connectivity index (χ1n) is 21.0. The highest BCUT2D eigenvalue weighted by atomic mass is 79.9. The molecule has 12 heteroatoms. The van der Waals surface area contributed by atoms with Crippen molar-refractivity contribution in [1.82, 2.24) is 0 Å². The Hall–Kier alpha value is -5.26. The molecule has 6 aromatic carbocycles. The lowest BCUT2D eigenvalue weighted by molar-refractivity contribution is -0.135. The number of carbonyl (C=O) groups excluding carboxylic acids is 4.